The van der Waals surface area contributed by atoms with E-state index in [1.165, 1.54) is 89.9 Å². The Kier molecular flexibility index (Phi) is 39.4. The molecule has 148 valence electrons. The number of hydrogen-bond donors (Lipinski definition) is 0. The van der Waals surface area contributed by atoms with Crippen molar-refractivity contribution in [1.29, 1.82) is 0 Å². The summed E-state index contributed by atoms with van der Waals surface area (Å²) in [6.45, 7) is 6.53. The molecule has 0 aromatic rings. The topological polar surface area (TPSA) is 89.5 Å². The molecule has 0 bridgehead atoms. The molecule has 8 heteroatoms. The summed E-state index contributed by atoms with van der Waals surface area (Å²) in [5.41, 5.74) is 0. The van der Waals surface area contributed by atoms with Crippen LogP contribution in [0.15, 0.2) is 0 Å². The third-order valence-electron chi connectivity index (χ3n) is 3.78. The van der Waals surface area contributed by atoms with Crippen LogP contribution in [0.25, 0.3) is 0 Å². The van der Waals surface area contributed by atoms with Crippen molar-refractivity contribution in [2.75, 3.05) is 13.2 Å². The van der Waals surface area contributed by atoms with Crippen molar-refractivity contribution in [1.82, 2.24) is 0 Å². The predicted molar refractivity (Wildman–Crippen MR) is 97.3 cm³/mol. The van der Waals surface area contributed by atoms with Gasteiger partial charge in [-0.15, -0.1) is 0 Å². The molecule has 0 saturated carbocycles. The summed E-state index contributed by atoms with van der Waals surface area (Å²) >= 11 is 0. The van der Waals surface area contributed by atoms with Gasteiger partial charge in [0.2, 0.25) is 0 Å². The molecule has 0 aliphatic carbocycles. The van der Waals surface area contributed by atoms with E-state index in [1.807, 2.05) is 0 Å². The van der Waals surface area contributed by atoms with Crippen molar-refractivity contribution < 1.29 is 81.4 Å². The molecule has 0 aliphatic rings. The van der Waals surface area contributed by atoms with Crippen molar-refractivity contribution in [3.05, 3.63) is 0 Å². The minimum atomic E-state index is -5.17. The average molecular weight is 413 g/mol. The van der Waals surface area contributed by atoms with Crippen LogP contribution in [0.4, 0.5) is 0 Å². The van der Waals surface area contributed by atoms with Gasteiger partial charge in [-0.25, -0.2) is 0 Å². The van der Waals surface area contributed by atoms with Gasteiger partial charge in [-0.05, 0) is 12.8 Å². The van der Waals surface area contributed by atoms with Crippen molar-refractivity contribution in [2.24, 2.45) is 0 Å². The fourth-order valence-corrected chi connectivity index (χ4v) is 2.42. The van der Waals surface area contributed by atoms with Crippen LogP contribution in [-0.4, -0.2) is 30.7 Å². The summed E-state index contributed by atoms with van der Waals surface area (Å²) in [6.07, 6.45) is 19.3. The minimum absolute atomic E-state index is 0. The Morgan fingerprint density at radius 3 is 1.08 bits per heavy atom. The van der Waals surface area contributed by atoms with Gasteiger partial charge in [0.15, 0.2) is 0 Å². The van der Waals surface area contributed by atoms with Crippen LogP contribution in [-0.2, 0) is 15.1 Å². The van der Waals surface area contributed by atoms with Crippen LogP contribution in [0.1, 0.15) is 104 Å². The second-order valence-corrected chi connectivity index (χ2v) is 7.08. The van der Waals surface area contributed by atoms with Crippen LogP contribution in [0.2, 0.25) is 0 Å². The molecule has 0 heterocycles. The van der Waals surface area contributed by atoms with E-state index in [2.05, 4.69) is 13.8 Å². The fourth-order valence-electron chi connectivity index (χ4n) is 2.42. The number of rotatable bonds is 16. The normalized spacial score (nSPS) is 10.3. The van der Waals surface area contributed by atoms with E-state index >= 15 is 0 Å². The van der Waals surface area contributed by atoms with E-state index in [4.69, 9.17) is 22.3 Å². The second-order valence-electron chi connectivity index (χ2n) is 6.26. The Balaban J connectivity index is -0.000000304. The first kappa shape index (κ1) is 35.3. The SMILES string of the molecule is CCCCCCCCCCOCCCCCCCC.O=S(=O)([O-])[O-].[Na+].[Na+]. The first-order valence-corrected chi connectivity index (χ1v) is 11.0. The molecule has 0 amide bonds. The minimum Gasteiger partial charge on any atom is -0.759 e. The van der Waals surface area contributed by atoms with E-state index in [0.29, 0.717) is 0 Å². The molecular weight excluding hydrogens is 374 g/mol. The van der Waals surface area contributed by atoms with Gasteiger partial charge in [0.25, 0.3) is 0 Å². The third-order valence-corrected chi connectivity index (χ3v) is 3.78. The second kappa shape index (κ2) is 29.0. The molecule has 0 fully saturated rings. The van der Waals surface area contributed by atoms with E-state index in [1.54, 1.807) is 0 Å². The van der Waals surface area contributed by atoms with E-state index in [-0.39, 0.29) is 59.1 Å². The molecule has 0 aromatic carbocycles. The number of unbranched alkanes of at least 4 members (excludes halogenated alkanes) is 12. The Labute approximate surface area is 207 Å². The number of hydrogen-bond acceptors (Lipinski definition) is 5. The molecule has 0 rings (SSSR count). The molecule has 26 heavy (non-hydrogen) atoms. The van der Waals surface area contributed by atoms with Gasteiger partial charge >= 0.3 is 59.1 Å². The first-order valence-electron chi connectivity index (χ1n) is 9.66. The largest absolute Gasteiger partial charge is 1.00 e. The van der Waals surface area contributed by atoms with Crippen molar-refractivity contribution >= 4 is 10.4 Å². The summed E-state index contributed by atoms with van der Waals surface area (Å²) in [6, 6.07) is 0. The number of ether oxygens (including phenoxy) is 1. The first-order chi connectivity index (χ1) is 11.4. The molecule has 0 aromatic heterocycles. The molecule has 0 spiro atoms. The summed E-state index contributed by atoms with van der Waals surface area (Å²) in [5.74, 6) is 0. The summed E-state index contributed by atoms with van der Waals surface area (Å²) in [5, 5.41) is 0. The quantitative estimate of drug-likeness (QED) is 0.143. The molecular formula is C18H38Na2O5S. The van der Waals surface area contributed by atoms with Gasteiger partial charge in [0.1, 0.15) is 0 Å². The Morgan fingerprint density at radius 2 is 0.808 bits per heavy atom. The van der Waals surface area contributed by atoms with Gasteiger partial charge in [0, 0.05) is 23.6 Å². The van der Waals surface area contributed by atoms with Crippen LogP contribution in [0.3, 0.4) is 0 Å². The molecule has 0 aliphatic heterocycles. The fraction of sp³-hybridized carbons (Fsp3) is 1.00. The zero-order chi connectivity index (χ0) is 18.5. The van der Waals surface area contributed by atoms with Gasteiger partial charge in [-0.3, -0.25) is 8.42 Å². The van der Waals surface area contributed by atoms with E-state index in [9.17, 15) is 0 Å². The van der Waals surface area contributed by atoms with Gasteiger partial charge < -0.3 is 13.8 Å². The van der Waals surface area contributed by atoms with Crippen LogP contribution >= 0.6 is 0 Å². The molecule has 0 radical (unpaired) electrons. The van der Waals surface area contributed by atoms with Crippen molar-refractivity contribution in [3.63, 3.8) is 0 Å². The maximum absolute atomic E-state index is 8.52. The Hall–Kier alpha value is 1.83. The van der Waals surface area contributed by atoms with E-state index in [0.717, 1.165) is 13.2 Å². The maximum atomic E-state index is 8.52. The average Bonchev–Trinajstić information content (AvgIpc) is 2.49. The predicted octanol–water partition coefficient (Wildman–Crippen LogP) is -0.826. The molecule has 0 atom stereocenters. The van der Waals surface area contributed by atoms with Crippen molar-refractivity contribution in [2.45, 2.75) is 104 Å². The van der Waals surface area contributed by atoms with E-state index < -0.39 is 10.4 Å². The summed E-state index contributed by atoms with van der Waals surface area (Å²) in [4.78, 5) is 0. The maximum Gasteiger partial charge on any atom is 1.00 e. The zero-order valence-corrected chi connectivity index (χ0v) is 22.6. The molecule has 5 nitrogen and oxygen atoms in total. The third kappa shape index (κ3) is 50.1. The van der Waals surface area contributed by atoms with Crippen LogP contribution in [0, 0.1) is 0 Å². The van der Waals surface area contributed by atoms with Crippen LogP contribution in [0.5, 0.6) is 0 Å². The van der Waals surface area contributed by atoms with Gasteiger partial charge in [-0.1, -0.05) is 90.9 Å². The summed E-state index contributed by atoms with van der Waals surface area (Å²) in [7, 11) is -5.17. The standard InChI is InChI=1S/C18H38O.2Na.H2O4S/c1-3-5-7-9-11-12-14-16-18-19-17-15-13-10-8-6-4-2;;;1-5(2,3)4/h3-18H2,1-2H3;;;(H2,1,2,3,4)/q;2*+1;/p-2. The van der Waals surface area contributed by atoms with Gasteiger partial charge in [0.05, 0.1) is 0 Å². The summed E-state index contributed by atoms with van der Waals surface area (Å²) < 4.78 is 39.8. The van der Waals surface area contributed by atoms with Crippen LogP contribution < -0.4 is 59.1 Å². The molecule has 0 unspecified atom stereocenters. The molecule has 0 N–H and O–H groups in total. The van der Waals surface area contributed by atoms with Gasteiger partial charge in [-0.2, -0.15) is 0 Å². The molecule has 0 saturated heterocycles. The smallest absolute Gasteiger partial charge is 0.759 e. The zero-order valence-electron chi connectivity index (χ0n) is 17.8. The van der Waals surface area contributed by atoms with Crippen molar-refractivity contribution in [3.8, 4) is 0 Å². The Morgan fingerprint density at radius 1 is 0.577 bits per heavy atom. The Bertz CT molecular complexity index is 304. The monoisotopic (exact) mass is 412 g/mol.